The van der Waals surface area contributed by atoms with Crippen LogP contribution in [0.15, 0.2) is 35.3 Å². The van der Waals surface area contributed by atoms with Crippen molar-refractivity contribution in [3.63, 3.8) is 0 Å². The van der Waals surface area contributed by atoms with Crippen molar-refractivity contribution in [2.24, 2.45) is 12.0 Å². The maximum Gasteiger partial charge on any atom is 0.390 e. The van der Waals surface area contributed by atoms with E-state index in [9.17, 15) is 13.2 Å². The van der Waals surface area contributed by atoms with Crippen molar-refractivity contribution < 1.29 is 13.2 Å². The molecule has 2 aromatic rings. The number of halogens is 3. The van der Waals surface area contributed by atoms with E-state index in [-0.39, 0.29) is 19.1 Å². The smallest absolute Gasteiger partial charge is 0.356 e. The van der Waals surface area contributed by atoms with E-state index in [1.807, 2.05) is 51.2 Å². The lowest BCUT2D eigenvalue weighted by atomic mass is 10.1. The van der Waals surface area contributed by atoms with Crippen LogP contribution in [0, 0.1) is 6.92 Å². The van der Waals surface area contributed by atoms with Gasteiger partial charge in [-0.3, -0.25) is 0 Å². The van der Waals surface area contributed by atoms with E-state index < -0.39 is 12.6 Å². The molecule has 6 nitrogen and oxygen atoms in total. The molecular weight excluding hydrogens is 345 g/mol. The fraction of sp³-hybridized carbons (Fsp3) is 0.471. The average Bonchev–Trinajstić information content (AvgIpc) is 2.91. The molecule has 1 unspecified atom stereocenters. The molecule has 0 saturated heterocycles. The van der Waals surface area contributed by atoms with Gasteiger partial charge in [-0.05, 0) is 19.4 Å². The Bertz CT molecular complexity index is 724. The summed E-state index contributed by atoms with van der Waals surface area (Å²) in [4.78, 5) is 4.36. The molecule has 26 heavy (non-hydrogen) atoms. The number of guanidine groups is 1. The molecule has 1 atom stereocenters. The summed E-state index contributed by atoms with van der Waals surface area (Å²) in [6.45, 7) is 3.69. The van der Waals surface area contributed by atoms with Crippen molar-refractivity contribution in [3.05, 3.63) is 47.5 Å². The Balaban J connectivity index is 2.07. The first kappa shape index (κ1) is 19.7. The Morgan fingerprint density at radius 1 is 1.23 bits per heavy atom. The van der Waals surface area contributed by atoms with Gasteiger partial charge in [-0.15, -0.1) is 10.2 Å². The SMILES string of the molecule is Cc1nnc(CN=C(NCCC(F)(F)F)NC(C)c2ccccc2)n1C. The molecule has 9 heteroatoms. The normalized spacial score (nSPS) is 13.5. The number of benzene rings is 1. The van der Waals surface area contributed by atoms with Crippen molar-refractivity contribution in [1.29, 1.82) is 0 Å². The monoisotopic (exact) mass is 368 g/mol. The summed E-state index contributed by atoms with van der Waals surface area (Å²) in [5.74, 6) is 1.67. The third kappa shape index (κ3) is 6.05. The summed E-state index contributed by atoms with van der Waals surface area (Å²) in [6, 6.07) is 9.49. The van der Waals surface area contributed by atoms with Gasteiger partial charge in [-0.25, -0.2) is 4.99 Å². The predicted molar refractivity (Wildman–Crippen MR) is 93.5 cm³/mol. The molecule has 0 aliphatic heterocycles. The molecule has 1 aromatic carbocycles. The maximum absolute atomic E-state index is 12.4. The molecule has 0 aliphatic carbocycles. The van der Waals surface area contributed by atoms with Crippen LogP contribution in [0.5, 0.6) is 0 Å². The van der Waals surface area contributed by atoms with E-state index >= 15 is 0 Å². The first-order valence-electron chi connectivity index (χ1n) is 8.27. The van der Waals surface area contributed by atoms with Gasteiger partial charge in [0.05, 0.1) is 12.5 Å². The average molecular weight is 368 g/mol. The second kappa shape index (κ2) is 8.68. The molecule has 0 aliphatic rings. The molecule has 2 N–H and O–H groups in total. The molecule has 0 saturated carbocycles. The highest BCUT2D eigenvalue weighted by atomic mass is 19.4. The largest absolute Gasteiger partial charge is 0.390 e. The van der Waals surface area contributed by atoms with E-state index in [1.165, 1.54) is 0 Å². The number of nitrogens with zero attached hydrogens (tertiary/aromatic N) is 4. The summed E-state index contributed by atoms with van der Waals surface area (Å²) in [7, 11) is 1.82. The van der Waals surface area contributed by atoms with Gasteiger partial charge in [0.25, 0.3) is 0 Å². The predicted octanol–water partition coefficient (Wildman–Crippen LogP) is 2.87. The Morgan fingerprint density at radius 3 is 2.50 bits per heavy atom. The van der Waals surface area contributed by atoms with E-state index in [2.05, 4.69) is 25.8 Å². The zero-order valence-corrected chi connectivity index (χ0v) is 15.0. The van der Waals surface area contributed by atoms with Gasteiger partial charge >= 0.3 is 6.18 Å². The molecule has 0 fully saturated rings. The summed E-state index contributed by atoms with van der Waals surface area (Å²) in [5, 5.41) is 13.8. The van der Waals surface area contributed by atoms with E-state index in [1.54, 1.807) is 4.57 Å². The van der Waals surface area contributed by atoms with Crippen LogP contribution < -0.4 is 10.6 Å². The number of aryl methyl sites for hydroxylation is 1. The Morgan fingerprint density at radius 2 is 1.92 bits per heavy atom. The highest BCUT2D eigenvalue weighted by Gasteiger charge is 2.26. The van der Waals surface area contributed by atoms with Crippen LogP contribution in [-0.2, 0) is 13.6 Å². The van der Waals surface area contributed by atoms with Gasteiger partial charge in [0.2, 0.25) is 0 Å². The number of alkyl halides is 3. The number of hydrogen-bond donors (Lipinski definition) is 2. The second-order valence-corrected chi connectivity index (χ2v) is 5.96. The lowest BCUT2D eigenvalue weighted by Gasteiger charge is -2.19. The molecule has 0 bridgehead atoms. The number of rotatable bonds is 6. The highest BCUT2D eigenvalue weighted by Crippen LogP contribution is 2.18. The van der Waals surface area contributed by atoms with Crippen molar-refractivity contribution in [1.82, 2.24) is 25.4 Å². The van der Waals surface area contributed by atoms with Crippen LogP contribution in [0.2, 0.25) is 0 Å². The molecule has 1 aromatic heterocycles. The summed E-state index contributed by atoms with van der Waals surface area (Å²) in [5.41, 5.74) is 1.01. The minimum atomic E-state index is -4.22. The first-order chi connectivity index (χ1) is 12.3. The minimum absolute atomic E-state index is 0.116. The molecule has 1 heterocycles. The highest BCUT2D eigenvalue weighted by molar-refractivity contribution is 5.80. The Kier molecular flexibility index (Phi) is 6.59. The zero-order chi connectivity index (χ0) is 19.2. The molecule has 2 rings (SSSR count). The Hall–Kier alpha value is -2.58. The van der Waals surface area contributed by atoms with Gasteiger partial charge < -0.3 is 15.2 Å². The van der Waals surface area contributed by atoms with Crippen LogP contribution in [0.4, 0.5) is 13.2 Å². The van der Waals surface area contributed by atoms with E-state index in [0.29, 0.717) is 11.8 Å². The molecule has 0 amide bonds. The van der Waals surface area contributed by atoms with Crippen molar-refractivity contribution in [2.75, 3.05) is 6.54 Å². The van der Waals surface area contributed by atoms with Crippen LogP contribution in [-0.4, -0.2) is 33.4 Å². The summed E-state index contributed by atoms with van der Waals surface area (Å²) >= 11 is 0. The van der Waals surface area contributed by atoms with Gasteiger partial charge in [-0.1, -0.05) is 30.3 Å². The fourth-order valence-electron chi connectivity index (χ4n) is 2.24. The van der Waals surface area contributed by atoms with Gasteiger partial charge in [0.15, 0.2) is 11.8 Å². The standard InChI is InChI=1S/C17H23F3N6/c1-12(14-7-5-4-6-8-14)23-16(21-10-9-17(18,19)20)22-11-15-25-24-13(2)26(15)3/h4-8,12H,9-11H2,1-3H3,(H2,21,22,23). The minimum Gasteiger partial charge on any atom is -0.356 e. The second-order valence-electron chi connectivity index (χ2n) is 5.96. The van der Waals surface area contributed by atoms with E-state index in [4.69, 9.17) is 0 Å². The number of hydrogen-bond acceptors (Lipinski definition) is 3. The quantitative estimate of drug-likeness (QED) is 0.608. The lowest BCUT2D eigenvalue weighted by molar-refractivity contribution is -0.132. The van der Waals surface area contributed by atoms with Crippen LogP contribution in [0.3, 0.4) is 0 Å². The molecule has 0 radical (unpaired) electrons. The third-order valence-electron chi connectivity index (χ3n) is 3.92. The molecule has 142 valence electrons. The first-order valence-corrected chi connectivity index (χ1v) is 8.27. The molecule has 0 spiro atoms. The number of aromatic nitrogens is 3. The summed E-state index contributed by atoms with van der Waals surface area (Å²) in [6.07, 6.45) is -5.15. The fourth-order valence-corrected chi connectivity index (χ4v) is 2.24. The van der Waals surface area contributed by atoms with Gasteiger partial charge in [-0.2, -0.15) is 13.2 Å². The van der Waals surface area contributed by atoms with Gasteiger partial charge in [0, 0.05) is 13.6 Å². The summed E-state index contributed by atoms with van der Waals surface area (Å²) < 4.78 is 39.0. The van der Waals surface area contributed by atoms with Crippen LogP contribution >= 0.6 is 0 Å². The van der Waals surface area contributed by atoms with E-state index in [0.717, 1.165) is 11.4 Å². The van der Waals surface area contributed by atoms with Crippen molar-refractivity contribution >= 4 is 5.96 Å². The number of aliphatic imine (C=N–C) groups is 1. The topological polar surface area (TPSA) is 67.1 Å². The van der Waals surface area contributed by atoms with Crippen molar-refractivity contribution in [3.8, 4) is 0 Å². The van der Waals surface area contributed by atoms with Gasteiger partial charge in [0.1, 0.15) is 12.4 Å². The zero-order valence-electron chi connectivity index (χ0n) is 15.0. The Labute approximate surface area is 150 Å². The number of nitrogens with one attached hydrogen (secondary N) is 2. The van der Waals surface area contributed by atoms with Crippen molar-refractivity contribution in [2.45, 2.75) is 39.0 Å². The lowest BCUT2D eigenvalue weighted by Crippen LogP contribution is -2.40. The van der Waals surface area contributed by atoms with Crippen LogP contribution in [0.25, 0.3) is 0 Å². The maximum atomic E-state index is 12.4. The third-order valence-corrected chi connectivity index (χ3v) is 3.92. The van der Waals surface area contributed by atoms with Crippen LogP contribution in [0.1, 0.15) is 36.6 Å². The molecular formula is C17H23F3N6.